The first-order chi connectivity index (χ1) is 11.0. The molecule has 0 atom stereocenters. The van der Waals surface area contributed by atoms with Gasteiger partial charge in [-0.05, 0) is 63.5 Å². The van der Waals surface area contributed by atoms with Crippen molar-refractivity contribution in [3.63, 3.8) is 0 Å². The zero-order chi connectivity index (χ0) is 16.8. The molecule has 0 fully saturated rings. The van der Waals surface area contributed by atoms with E-state index in [2.05, 4.69) is 66.3 Å². The third-order valence-corrected chi connectivity index (χ3v) is 3.70. The zero-order valence-electron chi connectivity index (χ0n) is 14.8. The lowest BCUT2D eigenvalue weighted by Gasteiger charge is -2.19. The van der Waals surface area contributed by atoms with Gasteiger partial charge >= 0.3 is 0 Å². The van der Waals surface area contributed by atoms with Crippen LogP contribution < -0.4 is 4.74 Å². The van der Waals surface area contributed by atoms with Gasteiger partial charge in [-0.3, -0.25) is 9.88 Å². The Kier molecular flexibility index (Phi) is 6.13. The molecule has 1 heterocycles. The maximum absolute atomic E-state index is 5.47. The summed E-state index contributed by atoms with van der Waals surface area (Å²) in [7, 11) is 8.02. The molecule has 0 N–H and O–H groups in total. The van der Waals surface area contributed by atoms with E-state index in [0.29, 0.717) is 0 Å². The highest BCUT2D eigenvalue weighted by Gasteiger charge is 2.08. The van der Waals surface area contributed by atoms with Gasteiger partial charge in [-0.15, -0.1) is 0 Å². The Morgan fingerprint density at radius 3 is 2.26 bits per heavy atom. The fourth-order valence-electron chi connectivity index (χ4n) is 2.78. The smallest absolute Gasteiger partial charge is 0.123 e. The Morgan fingerprint density at radius 1 is 0.957 bits per heavy atom. The molecule has 2 aromatic rings. The van der Waals surface area contributed by atoms with Crippen molar-refractivity contribution >= 4 is 0 Å². The van der Waals surface area contributed by atoms with Gasteiger partial charge in [0.2, 0.25) is 0 Å². The largest absolute Gasteiger partial charge is 0.496 e. The molecule has 4 nitrogen and oxygen atoms in total. The lowest BCUT2D eigenvalue weighted by Crippen LogP contribution is -2.18. The van der Waals surface area contributed by atoms with Gasteiger partial charge in [-0.2, -0.15) is 0 Å². The fourth-order valence-corrected chi connectivity index (χ4v) is 2.78. The highest BCUT2D eigenvalue weighted by molar-refractivity contribution is 5.37. The Bertz CT molecular complexity index is 640. The normalized spacial score (nSPS) is 11.3. The maximum atomic E-state index is 5.47. The molecule has 1 aromatic heterocycles. The minimum absolute atomic E-state index is 0.879. The van der Waals surface area contributed by atoms with Gasteiger partial charge in [-0.25, -0.2) is 0 Å². The van der Waals surface area contributed by atoms with Crippen LogP contribution in [0.1, 0.15) is 22.4 Å². The first-order valence-corrected chi connectivity index (χ1v) is 7.88. The summed E-state index contributed by atoms with van der Waals surface area (Å²) in [6, 6.07) is 10.7. The number of rotatable bonds is 7. The number of benzene rings is 1. The summed E-state index contributed by atoms with van der Waals surface area (Å²) in [5.41, 5.74) is 4.88. The fraction of sp³-hybridized carbons (Fsp3) is 0.421. The number of hydrogen-bond acceptors (Lipinski definition) is 4. The summed E-state index contributed by atoms with van der Waals surface area (Å²) in [6.07, 6.45) is 1.88. The average Bonchev–Trinajstić information content (AvgIpc) is 2.46. The molecule has 0 aliphatic heterocycles. The van der Waals surface area contributed by atoms with Gasteiger partial charge in [0.15, 0.2) is 0 Å². The lowest BCUT2D eigenvalue weighted by atomic mass is 10.1. The van der Waals surface area contributed by atoms with Gasteiger partial charge in [-0.1, -0.05) is 6.07 Å². The van der Waals surface area contributed by atoms with E-state index in [0.717, 1.165) is 31.1 Å². The molecule has 0 spiro atoms. The second-order valence-electron chi connectivity index (χ2n) is 6.36. The molecule has 0 saturated heterocycles. The van der Waals surface area contributed by atoms with Crippen LogP contribution in [-0.4, -0.2) is 43.0 Å². The zero-order valence-corrected chi connectivity index (χ0v) is 14.8. The van der Waals surface area contributed by atoms with Crippen molar-refractivity contribution in [1.82, 2.24) is 14.8 Å². The number of nitrogens with zero attached hydrogens (tertiary/aromatic N) is 3. The van der Waals surface area contributed by atoms with Crippen molar-refractivity contribution in [3.8, 4) is 5.75 Å². The van der Waals surface area contributed by atoms with E-state index in [9.17, 15) is 0 Å². The van der Waals surface area contributed by atoms with Crippen molar-refractivity contribution in [1.29, 1.82) is 0 Å². The van der Waals surface area contributed by atoms with Crippen LogP contribution in [0.15, 0.2) is 36.5 Å². The molecule has 0 aliphatic rings. The van der Waals surface area contributed by atoms with Crippen molar-refractivity contribution < 1.29 is 4.74 Å². The third kappa shape index (κ3) is 5.34. The summed E-state index contributed by atoms with van der Waals surface area (Å²) in [4.78, 5) is 8.73. The first-order valence-electron chi connectivity index (χ1n) is 7.88. The molecule has 0 saturated carbocycles. The van der Waals surface area contributed by atoms with E-state index >= 15 is 0 Å². The van der Waals surface area contributed by atoms with Crippen LogP contribution in [-0.2, 0) is 19.6 Å². The minimum Gasteiger partial charge on any atom is -0.496 e. The number of aromatic nitrogens is 1. The van der Waals surface area contributed by atoms with Gasteiger partial charge < -0.3 is 9.64 Å². The second kappa shape index (κ2) is 8.09. The van der Waals surface area contributed by atoms with Crippen LogP contribution in [0.2, 0.25) is 0 Å². The van der Waals surface area contributed by atoms with Crippen LogP contribution >= 0.6 is 0 Å². The van der Waals surface area contributed by atoms with E-state index in [1.165, 1.54) is 16.7 Å². The van der Waals surface area contributed by atoms with Crippen molar-refractivity contribution in [2.24, 2.45) is 0 Å². The Morgan fingerprint density at radius 2 is 1.65 bits per heavy atom. The molecule has 0 amide bonds. The monoisotopic (exact) mass is 313 g/mol. The summed E-state index contributed by atoms with van der Waals surface area (Å²) >= 11 is 0. The number of methoxy groups -OCH3 is 1. The molecule has 0 bridgehead atoms. The molecular formula is C19H27N3O. The average molecular weight is 313 g/mol. The number of ether oxygens (including phenoxy) is 1. The van der Waals surface area contributed by atoms with Gasteiger partial charge in [0.1, 0.15) is 5.75 Å². The van der Waals surface area contributed by atoms with E-state index in [4.69, 9.17) is 4.74 Å². The number of hydrogen-bond donors (Lipinski definition) is 0. The predicted molar refractivity (Wildman–Crippen MR) is 94.5 cm³/mol. The van der Waals surface area contributed by atoms with Gasteiger partial charge in [0, 0.05) is 37.1 Å². The SMILES string of the molecule is COc1ccc(CN(C)Cc2ccnc(C)c2)cc1CN(C)C. The third-order valence-electron chi connectivity index (χ3n) is 3.70. The van der Waals surface area contributed by atoms with Crippen molar-refractivity contribution in [2.45, 2.75) is 26.6 Å². The summed E-state index contributed by atoms with van der Waals surface area (Å²) in [5, 5.41) is 0. The van der Waals surface area contributed by atoms with Crippen LogP contribution in [0.4, 0.5) is 0 Å². The Labute approximate surface area is 139 Å². The quantitative estimate of drug-likeness (QED) is 0.785. The molecular weight excluding hydrogens is 286 g/mol. The summed E-state index contributed by atoms with van der Waals surface area (Å²) < 4.78 is 5.47. The standard InChI is InChI=1S/C19H27N3O/c1-15-10-17(8-9-20-15)13-22(4)12-16-6-7-19(23-5)18(11-16)14-21(2)3/h6-11H,12-14H2,1-5H3. The molecule has 124 valence electrons. The molecule has 23 heavy (non-hydrogen) atoms. The lowest BCUT2D eigenvalue weighted by molar-refractivity contribution is 0.318. The predicted octanol–water partition coefficient (Wildman–Crippen LogP) is 3.09. The van der Waals surface area contributed by atoms with Crippen LogP contribution in [0.5, 0.6) is 5.75 Å². The van der Waals surface area contributed by atoms with Gasteiger partial charge in [0.25, 0.3) is 0 Å². The van der Waals surface area contributed by atoms with E-state index < -0.39 is 0 Å². The molecule has 0 aliphatic carbocycles. The summed E-state index contributed by atoms with van der Waals surface area (Å²) in [5.74, 6) is 0.954. The van der Waals surface area contributed by atoms with Gasteiger partial charge in [0.05, 0.1) is 7.11 Å². The van der Waals surface area contributed by atoms with E-state index in [-0.39, 0.29) is 0 Å². The summed E-state index contributed by atoms with van der Waals surface area (Å²) in [6.45, 7) is 4.73. The topological polar surface area (TPSA) is 28.6 Å². The Balaban J connectivity index is 2.06. The molecule has 0 unspecified atom stereocenters. The highest BCUT2D eigenvalue weighted by Crippen LogP contribution is 2.22. The van der Waals surface area contributed by atoms with Crippen LogP contribution in [0.25, 0.3) is 0 Å². The first kappa shape index (κ1) is 17.4. The molecule has 4 heteroatoms. The Hall–Kier alpha value is -1.91. The van der Waals surface area contributed by atoms with E-state index in [1.807, 2.05) is 13.1 Å². The van der Waals surface area contributed by atoms with Crippen LogP contribution in [0, 0.1) is 6.92 Å². The molecule has 0 radical (unpaired) electrons. The molecule has 2 rings (SSSR count). The van der Waals surface area contributed by atoms with Crippen LogP contribution in [0.3, 0.4) is 0 Å². The number of aryl methyl sites for hydroxylation is 1. The highest BCUT2D eigenvalue weighted by atomic mass is 16.5. The second-order valence-corrected chi connectivity index (χ2v) is 6.36. The maximum Gasteiger partial charge on any atom is 0.123 e. The van der Waals surface area contributed by atoms with Crippen molar-refractivity contribution in [2.75, 3.05) is 28.3 Å². The molecule has 1 aromatic carbocycles. The van der Waals surface area contributed by atoms with Crippen molar-refractivity contribution in [3.05, 3.63) is 58.9 Å². The number of pyridine rings is 1. The van der Waals surface area contributed by atoms with E-state index in [1.54, 1.807) is 7.11 Å². The minimum atomic E-state index is 0.879.